The third-order valence-corrected chi connectivity index (χ3v) is 3.98. The second-order valence-corrected chi connectivity index (χ2v) is 5.99. The van der Waals surface area contributed by atoms with Crippen LogP contribution in [0.15, 0.2) is 29.1 Å². The molecule has 0 aliphatic heterocycles. The summed E-state index contributed by atoms with van der Waals surface area (Å²) in [6.07, 6.45) is 0. The molecule has 0 aliphatic rings. The normalized spacial score (nSPS) is 10.8. The van der Waals surface area contributed by atoms with Gasteiger partial charge in [-0.2, -0.15) is 10.1 Å². The van der Waals surface area contributed by atoms with Crippen molar-refractivity contribution in [2.24, 2.45) is 0 Å². The van der Waals surface area contributed by atoms with E-state index in [0.717, 1.165) is 16.8 Å². The highest BCUT2D eigenvalue weighted by Gasteiger charge is 2.15. The SMILES string of the molecule is COc1ccc(Nc2nc(=O)c(CO)nn2Cc2cc(F)c(F)c(F)c2)c(C)n1. The van der Waals surface area contributed by atoms with Gasteiger partial charge >= 0.3 is 0 Å². The molecular weight excluding hydrogens is 391 g/mol. The van der Waals surface area contributed by atoms with Crippen molar-refractivity contribution in [2.45, 2.75) is 20.1 Å². The lowest BCUT2D eigenvalue weighted by molar-refractivity contribution is 0.271. The lowest BCUT2D eigenvalue weighted by Crippen LogP contribution is -2.25. The summed E-state index contributed by atoms with van der Waals surface area (Å²) in [5.41, 5.74) is -0.00221. The smallest absolute Gasteiger partial charge is 0.298 e. The molecular formula is C18H16F3N5O3. The zero-order valence-electron chi connectivity index (χ0n) is 15.4. The molecule has 0 saturated heterocycles. The number of pyridine rings is 1. The first-order valence-electron chi connectivity index (χ1n) is 8.33. The lowest BCUT2D eigenvalue weighted by Gasteiger charge is -2.15. The van der Waals surface area contributed by atoms with Gasteiger partial charge in [0.25, 0.3) is 5.56 Å². The van der Waals surface area contributed by atoms with Crippen LogP contribution in [0.4, 0.5) is 24.8 Å². The third kappa shape index (κ3) is 4.35. The number of nitrogens with one attached hydrogen (secondary N) is 1. The zero-order chi connectivity index (χ0) is 21.1. The molecule has 8 nitrogen and oxygen atoms in total. The number of methoxy groups -OCH3 is 1. The van der Waals surface area contributed by atoms with E-state index in [1.807, 2.05) is 0 Å². The number of rotatable bonds is 6. The molecule has 29 heavy (non-hydrogen) atoms. The summed E-state index contributed by atoms with van der Waals surface area (Å²) in [6.45, 7) is 0.758. The second-order valence-electron chi connectivity index (χ2n) is 5.99. The van der Waals surface area contributed by atoms with E-state index in [1.165, 1.54) is 7.11 Å². The molecule has 152 valence electrons. The van der Waals surface area contributed by atoms with E-state index >= 15 is 0 Å². The van der Waals surface area contributed by atoms with Gasteiger partial charge in [0.05, 0.1) is 31.6 Å². The average molecular weight is 407 g/mol. The molecule has 3 aromatic rings. The summed E-state index contributed by atoms with van der Waals surface area (Å²) in [5.74, 6) is -3.99. The van der Waals surface area contributed by atoms with E-state index in [-0.39, 0.29) is 23.8 Å². The number of hydrogen-bond acceptors (Lipinski definition) is 7. The van der Waals surface area contributed by atoms with Crippen LogP contribution in [-0.2, 0) is 13.2 Å². The van der Waals surface area contributed by atoms with Crippen LogP contribution in [0.1, 0.15) is 17.0 Å². The topological polar surface area (TPSA) is 102 Å². The first-order chi connectivity index (χ1) is 13.8. The Kier molecular flexibility index (Phi) is 5.78. The van der Waals surface area contributed by atoms with Gasteiger partial charge < -0.3 is 15.2 Å². The summed E-state index contributed by atoms with van der Waals surface area (Å²) in [6, 6.07) is 4.83. The molecule has 2 heterocycles. The number of nitrogens with zero attached hydrogens (tertiary/aromatic N) is 4. The summed E-state index contributed by atoms with van der Waals surface area (Å²) >= 11 is 0. The minimum Gasteiger partial charge on any atom is -0.481 e. The van der Waals surface area contributed by atoms with Gasteiger partial charge in [-0.3, -0.25) is 4.79 Å². The van der Waals surface area contributed by atoms with Gasteiger partial charge in [-0.1, -0.05) is 0 Å². The van der Waals surface area contributed by atoms with Crippen molar-refractivity contribution < 1.29 is 23.0 Å². The Morgan fingerprint density at radius 2 is 1.86 bits per heavy atom. The molecule has 1 aromatic carbocycles. The van der Waals surface area contributed by atoms with Gasteiger partial charge in [-0.25, -0.2) is 22.8 Å². The number of halogens is 3. The van der Waals surface area contributed by atoms with Gasteiger partial charge in [0.2, 0.25) is 11.8 Å². The van der Waals surface area contributed by atoms with Crippen molar-refractivity contribution >= 4 is 11.6 Å². The lowest BCUT2D eigenvalue weighted by atomic mass is 10.2. The number of anilines is 2. The second kappa shape index (κ2) is 8.27. The minimum atomic E-state index is -1.59. The molecule has 0 radical (unpaired) electrons. The van der Waals surface area contributed by atoms with Gasteiger partial charge in [0.15, 0.2) is 23.1 Å². The van der Waals surface area contributed by atoms with Crippen molar-refractivity contribution in [3.63, 3.8) is 0 Å². The number of ether oxygens (including phenoxy) is 1. The van der Waals surface area contributed by atoms with Crippen molar-refractivity contribution in [3.8, 4) is 5.88 Å². The third-order valence-electron chi connectivity index (χ3n) is 3.98. The van der Waals surface area contributed by atoms with Crippen LogP contribution in [0.2, 0.25) is 0 Å². The molecule has 3 rings (SSSR count). The minimum absolute atomic E-state index is 0.0378. The number of aryl methyl sites for hydroxylation is 1. The highest BCUT2D eigenvalue weighted by molar-refractivity contribution is 5.56. The molecule has 0 spiro atoms. The molecule has 0 fully saturated rings. The Morgan fingerprint density at radius 1 is 1.17 bits per heavy atom. The Hall–Kier alpha value is -3.47. The Bertz CT molecular complexity index is 1100. The van der Waals surface area contributed by atoms with Crippen LogP contribution >= 0.6 is 0 Å². The first-order valence-corrected chi connectivity index (χ1v) is 8.33. The Balaban J connectivity index is 2.03. The number of aromatic nitrogens is 4. The Morgan fingerprint density at radius 3 is 2.45 bits per heavy atom. The quantitative estimate of drug-likeness (QED) is 0.603. The molecule has 0 unspecified atom stereocenters. The van der Waals surface area contributed by atoms with Crippen LogP contribution in [0, 0.1) is 24.4 Å². The van der Waals surface area contributed by atoms with Gasteiger partial charge in [0, 0.05) is 6.07 Å². The maximum atomic E-state index is 13.5. The predicted molar refractivity (Wildman–Crippen MR) is 96.4 cm³/mol. The van der Waals surface area contributed by atoms with Crippen molar-refractivity contribution in [1.82, 2.24) is 19.7 Å². The molecule has 11 heteroatoms. The zero-order valence-corrected chi connectivity index (χ0v) is 15.4. The fourth-order valence-electron chi connectivity index (χ4n) is 2.53. The molecule has 2 aromatic heterocycles. The van der Waals surface area contributed by atoms with E-state index in [2.05, 4.69) is 20.4 Å². The van der Waals surface area contributed by atoms with E-state index in [1.54, 1.807) is 19.1 Å². The molecule has 2 N–H and O–H groups in total. The standard InChI is InChI=1S/C18H16F3N5O3/c1-9-13(3-4-15(22-9)29-2)23-18-24-17(28)14(8-27)25-26(18)7-10-5-11(19)16(21)12(20)6-10/h3-6,27H,7-8H2,1-2H3,(H,23,24,28). The average Bonchev–Trinajstić information content (AvgIpc) is 2.69. The summed E-state index contributed by atoms with van der Waals surface area (Å²) in [4.78, 5) is 20.0. The fraction of sp³-hybridized carbons (Fsp3) is 0.222. The Labute approximate surface area is 162 Å². The van der Waals surface area contributed by atoms with Crippen molar-refractivity contribution in [1.29, 1.82) is 0 Å². The monoisotopic (exact) mass is 407 g/mol. The summed E-state index contributed by atoms with van der Waals surface area (Å²) in [7, 11) is 1.46. The molecule has 0 bridgehead atoms. The summed E-state index contributed by atoms with van der Waals surface area (Å²) < 4.78 is 46.4. The fourth-order valence-corrected chi connectivity index (χ4v) is 2.53. The molecule has 0 atom stereocenters. The van der Waals surface area contributed by atoms with Gasteiger partial charge in [-0.05, 0) is 30.7 Å². The van der Waals surface area contributed by atoms with Crippen LogP contribution in [0.25, 0.3) is 0 Å². The molecule has 0 saturated carbocycles. The maximum Gasteiger partial charge on any atom is 0.298 e. The van der Waals surface area contributed by atoms with Crippen molar-refractivity contribution in [3.05, 3.63) is 69.0 Å². The van der Waals surface area contributed by atoms with Crippen molar-refractivity contribution in [2.75, 3.05) is 12.4 Å². The molecule has 0 amide bonds. The van der Waals surface area contributed by atoms with Crippen LogP contribution < -0.4 is 15.6 Å². The van der Waals surface area contributed by atoms with Crippen LogP contribution in [0.3, 0.4) is 0 Å². The van der Waals surface area contributed by atoms with Crippen LogP contribution in [-0.4, -0.2) is 32.0 Å². The van der Waals surface area contributed by atoms with E-state index < -0.39 is 29.6 Å². The highest BCUT2D eigenvalue weighted by Crippen LogP contribution is 2.21. The number of aliphatic hydroxyl groups is 1. The summed E-state index contributed by atoms with van der Waals surface area (Å²) in [5, 5.41) is 16.1. The first kappa shape index (κ1) is 20.3. The van der Waals surface area contributed by atoms with Gasteiger partial charge in [0.1, 0.15) is 0 Å². The largest absolute Gasteiger partial charge is 0.481 e. The number of aliphatic hydroxyl groups excluding tert-OH is 1. The highest BCUT2D eigenvalue weighted by atomic mass is 19.2. The maximum absolute atomic E-state index is 13.5. The number of benzene rings is 1. The van der Waals surface area contributed by atoms with Crippen LogP contribution in [0.5, 0.6) is 5.88 Å². The predicted octanol–water partition coefficient (Wildman–Crippen LogP) is 2.05. The molecule has 0 aliphatic carbocycles. The van der Waals surface area contributed by atoms with Gasteiger partial charge in [-0.15, -0.1) is 0 Å². The number of hydrogen-bond donors (Lipinski definition) is 2. The van der Waals surface area contributed by atoms with E-state index in [9.17, 15) is 23.1 Å². The van der Waals surface area contributed by atoms with E-state index in [0.29, 0.717) is 17.3 Å². The van der Waals surface area contributed by atoms with E-state index in [4.69, 9.17) is 4.74 Å².